The van der Waals surface area contributed by atoms with Crippen LogP contribution in [0.4, 0.5) is 0 Å². The molecule has 8 aromatic rings. The second-order valence-electron chi connectivity index (χ2n) is 12.1. The van der Waals surface area contributed by atoms with Crippen molar-refractivity contribution < 1.29 is 4.79 Å². The van der Waals surface area contributed by atoms with E-state index >= 15 is 0 Å². The first-order valence-electron chi connectivity index (χ1n) is 16.1. The predicted octanol–water partition coefficient (Wildman–Crippen LogP) is 8.91. The van der Waals surface area contributed by atoms with Crippen LogP contribution in [0.1, 0.15) is 45.7 Å². The molecule has 2 N–H and O–H groups in total. The SMILES string of the molecule is C[C@@H](NC(=O)c1cc2cc3c(-c4ccncc4)nn(C(c4ccccc4)(c4ccccc4)c4ccccc4)c3cc2[nH]1)c1ccccc1. The highest BCUT2D eigenvalue weighted by molar-refractivity contribution is 6.05. The molecule has 0 aliphatic rings. The zero-order chi connectivity index (χ0) is 32.5. The molecule has 1 amide bonds. The molecule has 6 heteroatoms. The van der Waals surface area contributed by atoms with Gasteiger partial charge in [0.05, 0.1) is 11.6 Å². The number of hydrogen-bond acceptors (Lipinski definition) is 3. The van der Waals surface area contributed by atoms with E-state index in [-0.39, 0.29) is 11.9 Å². The number of aromatic amines is 1. The van der Waals surface area contributed by atoms with Gasteiger partial charge in [0.1, 0.15) is 16.9 Å². The summed E-state index contributed by atoms with van der Waals surface area (Å²) in [5.41, 5.74) is 7.55. The summed E-state index contributed by atoms with van der Waals surface area (Å²) < 4.78 is 2.16. The Labute approximate surface area is 278 Å². The average Bonchev–Trinajstić information content (AvgIpc) is 3.75. The second kappa shape index (κ2) is 12.2. The van der Waals surface area contributed by atoms with E-state index in [0.29, 0.717) is 5.69 Å². The van der Waals surface area contributed by atoms with E-state index in [9.17, 15) is 4.79 Å². The van der Waals surface area contributed by atoms with Gasteiger partial charge in [-0.25, -0.2) is 4.68 Å². The molecule has 3 heterocycles. The number of aromatic nitrogens is 4. The Kier molecular flexibility index (Phi) is 7.38. The molecule has 48 heavy (non-hydrogen) atoms. The Hall–Kier alpha value is -6.27. The zero-order valence-electron chi connectivity index (χ0n) is 26.4. The number of fused-ring (bicyclic) bond motifs is 2. The molecule has 8 rings (SSSR count). The summed E-state index contributed by atoms with van der Waals surface area (Å²) in [5.74, 6) is -0.158. The molecule has 0 radical (unpaired) electrons. The van der Waals surface area contributed by atoms with Gasteiger partial charge in [0, 0.05) is 34.2 Å². The predicted molar refractivity (Wildman–Crippen MR) is 192 cm³/mol. The van der Waals surface area contributed by atoms with Gasteiger partial charge >= 0.3 is 0 Å². The van der Waals surface area contributed by atoms with Crippen LogP contribution in [0.5, 0.6) is 0 Å². The van der Waals surface area contributed by atoms with Crippen LogP contribution in [-0.2, 0) is 5.54 Å². The molecule has 6 nitrogen and oxygen atoms in total. The van der Waals surface area contributed by atoms with Gasteiger partial charge in [-0.3, -0.25) is 9.78 Å². The number of carbonyl (C=O) groups is 1. The number of rotatable bonds is 8. The lowest BCUT2D eigenvalue weighted by atomic mass is 9.77. The Morgan fingerprint density at radius 3 is 1.81 bits per heavy atom. The van der Waals surface area contributed by atoms with E-state index in [1.807, 2.05) is 73.7 Å². The smallest absolute Gasteiger partial charge is 0.268 e. The Balaban J connectivity index is 1.39. The van der Waals surface area contributed by atoms with E-state index in [0.717, 1.165) is 55.3 Å². The van der Waals surface area contributed by atoms with Crippen LogP contribution in [0, 0.1) is 0 Å². The van der Waals surface area contributed by atoms with Crippen LogP contribution in [0.25, 0.3) is 33.1 Å². The van der Waals surface area contributed by atoms with E-state index < -0.39 is 5.54 Å². The van der Waals surface area contributed by atoms with E-state index in [1.165, 1.54) is 0 Å². The highest BCUT2D eigenvalue weighted by atomic mass is 16.1. The molecule has 0 aliphatic heterocycles. The van der Waals surface area contributed by atoms with Gasteiger partial charge in [-0.15, -0.1) is 0 Å². The number of amides is 1. The third kappa shape index (κ3) is 4.95. The van der Waals surface area contributed by atoms with Crippen molar-refractivity contribution in [1.82, 2.24) is 25.1 Å². The average molecular weight is 624 g/mol. The van der Waals surface area contributed by atoms with E-state index in [1.54, 1.807) is 12.4 Å². The van der Waals surface area contributed by atoms with Crippen molar-refractivity contribution in [3.63, 3.8) is 0 Å². The van der Waals surface area contributed by atoms with Gasteiger partial charge in [0.25, 0.3) is 5.91 Å². The minimum atomic E-state index is -0.821. The van der Waals surface area contributed by atoms with Crippen LogP contribution in [0.15, 0.2) is 164 Å². The van der Waals surface area contributed by atoms with Gasteiger partial charge in [0.2, 0.25) is 0 Å². The summed E-state index contributed by atoms with van der Waals surface area (Å²) in [6.45, 7) is 2.00. The maximum atomic E-state index is 13.5. The van der Waals surface area contributed by atoms with Crippen LogP contribution in [0.3, 0.4) is 0 Å². The third-order valence-electron chi connectivity index (χ3n) is 9.16. The van der Waals surface area contributed by atoms with Crippen molar-refractivity contribution in [3.8, 4) is 11.3 Å². The number of hydrogen-bond donors (Lipinski definition) is 2. The number of benzene rings is 5. The summed E-state index contributed by atoms with van der Waals surface area (Å²) in [6, 6.07) is 51.6. The minimum absolute atomic E-state index is 0.140. The second-order valence-corrected chi connectivity index (χ2v) is 12.1. The van der Waals surface area contributed by atoms with E-state index in [4.69, 9.17) is 5.10 Å². The van der Waals surface area contributed by atoms with Gasteiger partial charge in [-0.2, -0.15) is 5.10 Å². The first kappa shape index (κ1) is 29.2. The molecular formula is C42H33N5O. The fourth-order valence-electron chi connectivity index (χ4n) is 6.85. The van der Waals surface area contributed by atoms with Crippen molar-refractivity contribution >= 4 is 27.7 Å². The van der Waals surface area contributed by atoms with Crippen molar-refractivity contribution in [2.75, 3.05) is 0 Å². The fraction of sp³-hybridized carbons (Fsp3) is 0.0714. The Morgan fingerprint density at radius 2 is 1.25 bits per heavy atom. The third-order valence-corrected chi connectivity index (χ3v) is 9.16. The quantitative estimate of drug-likeness (QED) is 0.166. The number of pyridine rings is 1. The summed E-state index contributed by atoms with van der Waals surface area (Å²) in [7, 11) is 0. The summed E-state index contributed by atoms with van der Waals surface area (Å²) in [6.07, 6.45) is 3.59. The van der Waals surface area contributed by atoms with Crippen molar-refractivity contribution in [2.24, 2.45) is 0 Å². The summed E-state index contributed by atoms with van der Waals surface area (Å²) in [4.78, 5) is 21.2. The molecule has 0 fully saturated rings. The maximum absolute atomic E-state index is 13.5. The maximum Gasteiger partial charge on any atom is 0.268 e. The van der Waals surface area contributed by atoms with Crippen LogP contribution in [-0.4, -0.2) is 25.7 Å². The molecule has 0 saturated carbocycles. The lowest BCUT2D eigenvalue weighted by molar-refractivity contribution is 0.0935. The lowest BCUT2D eigenvalue weighted by Crippen LogP contribution is -2.38. The molecule has 0 spiro atoms. The first-order chi connectivity index (χ1) is 23.6. The number of carbonyl (C=O) groups excluding carboxylic acids is 1. The molecule has 232 valence electrons. The first-order valence-corrected chi connectivity index (χ1v) is 16.1. The number of nitrogens with one attached hydrogen (secondary N) is 2. The number of H-pyrrole nitrogens is 1. The molecule has 3 aromatic heterocycles. The van der Waals surface area contributed by atoms with Crippen LogP contribution >= 0.6 is 0 Å². The number of nitrogens with zero attached hydrogens (tertiary/aromatic N) is 3. The Bertz CT molecular complexity index is 2240. The van der Waals surface area contributed by atoms with Crippen molar-refractivity contribution in [2.45, 2.75) is 18.5 Å². The highest BCUT2D eigenvalue weighted by Gasteiger charge is 2.41. The molecular weight excluding hydrogens is 590 g/mol. The molecule has 1 atom stereocenters. The van der Waals surface area contributed by atoms with Gasteiger partial charge in [-0.1, -0.05) is 121 Å². The minimum Gasteiger partial charge on any atom is -0.350 e. The van der Waals surface area contributed by atoms with Crippen molar-refractivity contribution in [3.05, 3.63) is 192 Å². The zero-order valence-corrected chi connectivity index (χ0v) is 26.4. The van der Waals surface area contributed by atoms with E-state index in [2.05, 4.69) is 105 Å². The largest absolute Gasteiger partial charge is 0.350 e. The van der Waals surface area contributed by atoms with Crippen LogP contribution in [0.2, 0.25) is 0 Å². The molecule has 0 aliphatic carbocycles. The van der Waals surface area contributed by atoms with Crippen LogP contribution < -0.4 is 5.32 Å². The van der Waals surface area contributed by atoms with Crippen molar-refractivity contribution in [1.29, 1.82) is 0 Å². The molecule has 0 bridgehead atoms. The molecule has 0 saturated heterocycles. The standard InChI is InChI=1S/C42H33N5O/c1-29(30-14-6-2-7-15-30)44-41(48)38-27-32-26-36-39(28-37(32)45-38)47(46-40(36)31-22-24-43-25-23-31)42(33-16-8-3-9-17-33,34-18-10-4-11-19-34)35-20-12-5-13-21-35/h2-29,45H,1H3,(H,44,48)/t29-/m1/s1. The highest BCUT2D eigenvalue weighted by Crippen LogP contribution is 2.44. The normalized spacial score (nSPS) is 12.3. The molecule has 5 aromatic carbocycles. The topological polar surface area (TPSA) is 75.6 Å². The monoisotopic (exact) mass is 623 g/mol. The summed E-state index contributed by atoms with van der Waals surface area (Å²) >= 11 is 0. The van der Waals surface area contributed by atoms with Gasteiger partial charge < -0.3 is 10.3 Å². The van der Waals surface area contributed by atoms with Gasteiger partial charge in [0.15, 0.2) is 0 Å². The lowest BCUT2D eigenvalue weighted by Gasteiger charge is -2.37. The fourth-order valence-corrected chi connectivity index (χ4v) is 6.85. The summed E-state index contributed by atoms with van der Waals surface area (Å²) in [5, 5.41) is 10.5. The molecule has 0 unspecified atom stereocenters. The van der Waals surface area contributed by atoms with Gasteiger partial charge in [-0.05, 0) is 59.5 Å². The Morgan fingerprint density at radius 1 is 0.708 bits per heavy atom.